The zero-order valence-electron chi connectivity index (χ0n) is 9.82. The molecule has 17 heavy (non-hydrogen) atoms. The molecule has 5 heteroatoms. The van der Waals surface area contributed by atoms with Gasteiger partial charge in [-0.3, -0.25) is 9.59 Å². The second kappa shape index (κ2) is 6.52. The third-order valence-corrected chi connectivity index (χ3v) is 2.27. The molecule has 4 N–H and O–H groups in total. The fourth-order valence-electron chi connectivity index (χ4n) is 1.39. The van der Waals surface area contributed by atoms with E-state index in [0.29, 0.717) is 18.7 Å². The maximum absolute atomic E-state index is 11.5. The van der Waals surface area contributed by atoms with Crippen LogP contribution in [0.1, 0.15) is 12.0 Å². The molecular weight excluding hydrogens is 218 g/mol. The Hall–Kier alpha value is -2.04. The van der Waals surface area contributed by atoms with Gasteiger partial charge in [0.2, 0.25) is 11.8 Å². The lowest BCUT2D eigenvalue weighted by atomic mass is 10.1. The van der Waals surface area contributed by atoms with Gasteiger partial charge in [0, 0.05) is 25.7 Å². The summed E-state index contributed by atoms with van der Waals surface area (Å²) in [6.07, 6.45) is 0.567. The van der Waals surface area contributed by atoms with E-state index in [2.05, 4.69) is 10.6 Å². The minimum atomic E-state index is -0.112. The van der Waals surface area contributed by atoms with Crippen LogP contribution in [0.4, 0.5) is 5.69 Å². The highest BCUT2D eigenvalue weighted by atomic mass is 16.2. The molecule has 0 aliphatic rings. The van der Waals surface area contributed by atoms with Crippen molar-refractivity contribution < 1.29 is 9.59 Å². The van der Waals surface area contributed by atoms with Crippen molar-refractivity contribution in [3.05, 3.63) is 29.8 Å². The molecule has 0 atom stereocenters. The van der Waals surface area contributed by atoms with Gasteiger partial charge in [0.05, 0.1) is 6.42 Å². The summed E-state index contributed by atoms with van der Waals surface area (Å²) in [5.41, 5.74) is 7.11. The Bertz CT molecular complexity index is 404. The van der Waals surface area contributed by atoms with Crippen LogP contribution in [-0.4, -0.2) is 25.4 Å². The molecule has 1 aromatic rings. The summed E-state index contributed by atoms with van der Waals surface area (Å²) in [5, 5.41) is 5.16. The number of amides is 2. The Balaban J connectivity index is 2.32. The summed E-state index contributed by atoms with van der Waals surface area (Å²) in [4.78, 5) is 22.4. The van der Waals surface area contributed by atoms with Gasteiger partial charge in [0.25, 0.3) is 0 Å². The fourth-order valence-corrected chi connectivity index (χ4v) is 1.39. The molecule has 0 unspecified atom stereocenters. The molecule has 1 aromatic carbocycles. The maximum Gasteiger partial charge on any atom is 0.224 e. The molecule has 0 bridgehead atoms. The van der Waals surface area contributed by atoms with Crippen LogP contribution in [0.2, 0.25) is 0 Å². The summed E-state index contributed by atoms with van der Waals surface area (Å²) in [6, 6.07) is 7.18. The topological polar surface area (TPSA) is 84.2 Å². The number of hydrogen-bond donors (Lipinski definition) is 3. The molecule has 0 spiro atoms. The molecule has 1 rings (SSSR count). The minimum absolute atomic E-state index is 0.0887. The highest BCUT2D eigenvalue weighted by molar-refractivity contribution is 5.80. The van der Waals surface area contributed by atoms with Crippen molar-refractivity contribution in [2.45, 2.75) is 12.8 Å². The van der Waals surface area contributed by atoms with Gasteiger partial charge in [-0.05, 0) is 17.7 Å². The molecule has 92 valence electrons. The first-order valence-corrected chi connectivity index (χ1v) is 5.43. The van der Waals surface area contributed by atoms with Gasteiger partial charge in [-0.2, -0.15) is 0 Å². The van der Waals surface area contributed by atoms with Crippen LogP contribution in [0.3, 0.4) is 0 Å². The molecule has 0 aliphatic carbocycles. The number of carbonyl (C=O) groups is 2. The summed E-state index contributed by atoms with van der Waals surface area (Å²) >= 11 is 0. The predicted octanol–water partition coefficient (Wildman–Crippen LogP) is 0.0636. The normalized spacial score (nSPS) is 9.71. The van der Waals surface area contributed by atoms with Crippen LogP contribution < -0.4 is 16.4 Å². The summed E-state index contributed by atoms with van der Waals surface area (Å²) in [6.45, 7) is 0.348. The van der Waals surface area contributed by atoms with Crippen molar-refractivity contribution in [1.29, 1.82) is 0 Å². The number of nitrogen functional groups attached to an aromatic ring is 1. The summed E-state index contributed by atoms with van der Waals surface area (Å²) < 4.78 is 0. The van der Waals surface area contributed by atoms with Crippen LogP contribution >= 0.6 is 0 Å². The molecule has 0 radical (unpaired) electrons. The Morgan fingerprint density at radius 3 is 2.71 bits per heavy atom. The van der Waals surface area contributed by atoms with Crippen molar-refractivity contribution in [3.63, 3.8) is 0 Å². The largest absolute Gasteiger partial charge is 0.399 e. The van der Waals surface area contributed by atoms with Gasteiger partial charge in [0.15, 0.2) is 0 Å². The Labute approximate surface area is 100 Å². The van der Waals surface area contributed by atoms with Gasteiger partial charge < -0.3 is 16.4 Å². The van der Waals surface area contributed by atoms with Crippen LogP contribution in [0, 0.1) is 0 Å². The van der Waals surface area contributed by atoms with Gasteiger partial charge >= 0.3 is 0 Å². The van der Waals surface area contributed by atoms with E-state index >= 15 is 0 Å². The Kier molecular flexibility index (Phi) is 5.00. The molecule has 0 fully saturated rings. The number of hydrogen-bond acceptors (Lipinski definition) is 3. The zero-order valence-corrected chi connectivity index (χ0v) is 9.82. The van der Waals surface area contributed by atoms with Crippen LogP contribution in [-0.2, 0) is 16.0 Å². The highest BCUT2D eigenvalue weighted by Gasteiger charge is 2.04. The molecule has 2 amide bonds. The van der Waals surface area contributed by atoms with Crippen molar-refractivity contribution in [1.82, 2.24) is 10.6 Å². The van der Waals surface area contributed by atoms with E-state index in [-0.39, 0.29) is 18.2 Å². The van der Waals surface area contributed by atoms with E-state index in [0.717, 1.165) is 5.56 Å². The molecule has 0 aliphatic heterocycles. The third kappa shape index (κ3) is 5.01. The second-order valence-electron chi connectivity index (χ2n) is 3.69. The SMILES string of the molecule is CNC(=O)CCNC(=O)Cc1cccc(N)c1. The van der Waals surface area contributed by atoms with E-state index < -0.39 is 0 Å². The number of carbonyl (C=O) groups excluding carboxylic acids is 2. The first kappa shape index (κ1) is 13.0. The Morgan fingerprint density at radius 2 is 2.06 bits per heavy atom. The van der Waals surface area contributed by atoms with Gasteiger partial charge in [-0.15, -0.1) is 0 Å². The van der Waals surface area contributed by atoms with Gasteiger partial charge in [-0.1, -0.05) is 12.1 Å². The number of rotatable bonds is 5. The van der Waals surface area contributed by atoms with Crippen molar-refractivity contribution in [2.24, 2.45) is 0 Å². The molecule has 0 heterocycles. The van der Waals surface area contributed by atoms with Gasteiger partial charge in [-0.25, -0.2) is 0 Å². The first-order chi connectivity index (χ1) is 8.11. The third-order valence-electron chi connectivity index (χ3n) is 2.27. The lowest BCUT2D eigenvalue weighted by molar-refractivity contribution is -0.121. The minimum Gasteiger partial charge on any atom is -0.399 e. The van der Waals surface area contributed by atoms with Crippen LogP contribution in [0.25, 0.3) is 0 Å². The number of benzene rings is 1. The predicted molar refractivity (Wildman–Crippen MR) is 66.3 cm³/mol. The summed E-state index contributed by atoms with van der Waals surface area (Å²) in [7, 11) is 1.57. The van der Waals surface area contributed by atoms with Crippen molar-refractivity contribution in [3.8, 4) is 0 Å². The van der Waals surface area contributed by atoms with Crippen molar-refractivity contribution in [2.75, 3.05) is 19.3 Å². The lowest BCUT2D eigenvalue weighted by Crippen LogP contribution is -2.30. The lowest BCUT2D eigenvalue weighted by Gasteiger charge is -2.05. The molecule has 5 nitrogen and oxygen atoms in total. The monoisotopic (exact) mass is 235 g/mol. The average molecular weight is 235 g/mol. The zero-order chi connectivity index (χ0) is 12.7. The standard InChI is InChI=1S/C12H17N3O2/c1-14-11(16)5-6-15-12(17)8-9-3-2-4-10(13)7-9/h2-4,7H,5-6,8,13H2,1H3,(H,14,16)(H,15,17). The van der Waals surface area contributed by atoms with E-state index in [4.69, 9.17) is 5.73 Å². The number of nitrogens with one attached hydrogen (secondary N) is 2. The van der Waals surface area contributed by atoms with E-state index in [9.17, 15) is 9.59 Å². The second-order valence-corrected chi connectivity index (χ2v) is 3.69. The highest BCUT2D eigenvalue weighted by Crippen LogP contribution is 2.06. The van der Waals surface area contributed by atoms with Gasteiger partial charge in [0.1, 0.15) is 0 Å². The number of nitrogens with two attached hydrogens (primary N) is 1. The average Bonchev–Trinajstić information content (AvgIpc) is 2.28. The molecule has 0 saturated heterocycles. The smallest absolute Gasteiger partial charge is 0.224 e. The Morgan fingerprint density at radius 1 is 1.29 bits per heavy atom. The van der Waals surface area contributed by atoms with Crippen LogP contribution in [0.5, 0.6) is 0 Å². The fraction of sp³-hybridized carbons (Fsp3) is 0.333. The van der Waals surface area contributed by atoms with Crippen molar-refractivity contribution >= 4 is 17.5 Å². The van der Waals surface area contributed by atoms with E-state index in [1.54, 1.807) is 19.2 Å². The summed E-state index contributed by atoms with van der Waals surface area (Å²) in [5.74, 6) is -0.200. The first-order valence-electron chi connectivity index (χ1n) is 5.43. The quantitative estimate of drug-likeness (QED) is 0.631. The van der Waals surface area contributed by atoms with Crippen LogP contribution in [0.15, 0.2) is 24.3 Å². The number of anilines is 1. The molecule has 0 saturated carbocycles. The molecular formula is C12H17N3O2. The maximum atomic E-state index is 11.5. The van der Waals surface area contributed by atoms with E-state index in [1.165, 1.54) is 0 Å². The van der Waals surface area contributed by atoms with E-state index in [1.807, 2.05) is 12.1 Å². The molecule has 0 aromatic heterocycles.